The molecule has 15 heteroatoms. The molecule has 3 N–H and O–H groups in total. The first-order chi connectivity index (χ1) is 21.0. The number of nitrogens with zero attached hydrogens (tertiary/aromatic N) is 4. The number of piperidine rings is 1. The Hall–Kier alpha value is -3.27. The van der Waals surface area contributed by atoms with Crippen LogP contribution in [-0.2, 0) is 51.8 Å². The highest BCUT2D eigenvalue weighted by molar-refractivity contribution is 7.88. The Morgan fingerprint density at radius 3 is 2.42 bits per heavy atom. The fourth-order valence-electron chi connectivity index (χ4n) is 5.89. The van der Waals surface area contributed by atoms with Crippen molar-refractivity contribution in [3.8, 4) is 11.3 Å². The Bertz CT molecular complexity index is 1540. The third-order valence-electron chi connectivity index (χ3n) is 7.97. The van der Waals surface area contributed by atoms with Crippen LogP contribution in [-0.4, -0.2) is 88.9 Å². The minimum atomic E-state index is -4.66. The number of likely N-dealkylation sites (tertiary alicyclic amines) is 1. The molecule has 45 heavy (non-hydrogen) atoms. The van der Waals surface area contributed by atoms with Gasteiger partial charge in [-0.15, -0.1) is 0 Å². The van der Waals surface area contributed by atoms with Crippen LogP contribution in [0.4, 0.5) is 13.2 Å². The van der Waals surface area contributed by atoms with Crippen molar-refractivity contribution in [3.63, 3.8) is 0 Å². The summed E-state index contributed by atoms with van der Waals surface area (Å²) in [5.41, 5.74) is 1.59. The molecular weight excluding hydrogens is 613 g/mol. The van der Waals surface area contributed by atoms with Crippen molar-refractivity contribution in [1.29, 1.82) is 0 Å². The van der Waals surface area contributed by atoms with Gasteiger partial charge in [-0.3, -0.25) is 14.3 Å². The van der Waals surface area contributed by atoms with Gasteiger partial charge in [0.05, 0.1) is 30.2 Å². The SMILES string of the molecule is CC(=O)NC1CCN(CC(O)Cn2nc(-c3ccc(C(F)(F)F)c(CNC(=O)C=C(C)C)c3)c3c2CCN(S(C)(=O)=O)C3)CC1. The quantitative estimate of drug-likeness (QED) is 0.335. The fourth-order valence-corrected chi connectivity index (χ4v) is 6.68. The summed E-state index contributed by atoms with van der Waals surface area (Å²) in [5.74, 6) is -0.594. The highest BCUT2D eigenvalue weighted by Gasteiger charge is 2.35. The highest BCUT2D eigenvalue weighted by atomic mass is 32.2. The number of carbonyl (C=O) groups is 2. The average Bonchev–Trinajstić information content (AvgIpc) is 3.28. The fraction of sp³-hybridized carbons (Fsp3) is 0.567. The van der Waals surface area contributed by atoms with Gasteiger partial charge in [-0.25, -0.2) is 8.42 Å². The summed E-state index contributed by atoms with van der Waals surface area (Å²) in [6.07, 6.45) is -1.24. The Labute approximate surface area is 261 Å². The van der Waals surface area contributed by atoms with E-state index >= 15 is 0 Å². The minimum Gasteiger partial charge on any atom is -0.390 e. The Balaban J connectivity index is 1.63. The molecule has 4 rings (SSSR count). The molecule has 0 aliphatic carbocycles. The second-order valence-electron chi connectivity index (χ2n) is 12.0. The van der Waals surface area contributed by atoms with Gasteiger partial charge in [0, 0.05) is 81.6 Å². The Morgan fingerprint density at radius 2 is 1.82 bits per heavy atom. The summed E-state index contributed by atoms with van der Waals surface area (Å²) in [6, 6.07) is 3.67. The van der Waals surface area contributed by atoms with Gasteiger partial charge in [-0.1, -0.05) is 11.6 Å². The number of β-amino-alcohol motifs (C(OH)–C–C–N with tert-alkyl or cyclic N) is 1. The minimum absolute atomic E-state index is 0.01000. The smallest absolute Gasteiger partial charge is 0.390 e. The molecule has 0 saturated carbocycles. The highest BCUT2D eigenvalue weighted by Crippen LogP contribution is 2.37. The number of hydrogen-bond donors (Lipinski definition) is 3. The number of hydrogen-bond acceptors (Lipinski definition) is 7. The molecule has 0 radical (unpaired) electrons. The molecule has 0 bridgehead atoms. The number of benzene rings is 1. The molecule has 1 aromatic heterocycles. The zero-order chi connectivity index (χ0) is 33.1. The van der Waals surface area contributed by atoms with Crippen LogP contribution in [0, 0.1) is 0 Å². The zero-order valence-corrected chi connectivity index (χ0v) is 26.8. The van der Waals surface area contributed by atoms with E-state index < -0.39 is 33.8 Å². The molecular formula is C30H41F3N6O5S. The van der Waals surface area contributed by atoms with E-state index in [9.17, 15) is 36.3 Å². The predicted octanol–water partition coefficient (Wildman–Crippen LogP) is 2.43. The predicted molar refractivity (Wildman–Crippen MR) is 162 cm³/mol. The average molecular weight is 655 g/mol. The number of carbonyl (C=O) groups excluding carboxylic acids is 2. The summed E-state index contributed by atoms with van der Waals surface area (Å²) in [7, 11) is -3.56. The molecule has 1 fully saturated rings. The number of aromatic nitrogens is 2. The van der Waals surface area contributed by atoms with Gasteiger partial charge in [0.25, 0.3) is 0 Å². The molecule has 2 aromatic rings. The molecule has 1 unspecified atom stereocenters. The number of halogens is 3. The van der Waals surface area contributed by atoms with Gasteiger partial charge >= 0.3 is 6.18 Å². The maximum atomic E-state index is 13.9. The van der Waals surface area contributed by atoms with Crippen molar-refractivity contribution in [2.24, 2.45) is 0 Å². The Kier molecular flexibility index (Phi) is 10.8. The molecule has 1 atom stereocenters. The van der Waals surface area contributed by atoms with Crippen molar-refractivity contribution in [1.82, 2.24) is 29.6 Å². The van der Waals surface area contributed by atoms with E-state index in [1.54, 1.807) is 18.5 Å². The first-order valence-electron chi connectivity index (χ1n) is 14.9. The molecule has 1 aromatic carbocycles. The molecule has 2 amide bonds. The van der Waals surface area contributed by atoms with Gasteiger partial charge in [0.1, 0.15) is 0 Å². The molecule has 0 spiro atoms. The normalized spacial score (nSPS) is 17.4. The summed E-state index contributed by atoms with van der Waals surface area (Å²) in [6.45, 7) is 6.59. The third-order valence-corrected chi connectivity index (χ3v) is 9.22. The van der Waals surface area contributed by atoms with Crippen LogP contribution in [0.5, 0.6) is 0 Å². The Morgan fingerprint density at radius 1 is 1.13 bits per heavy atom. The first-order valence-corrected chi connectivity index (χ1v) is 16.7. The van der Waals surface area contributed by atoms with Crippen molar-refractivity contribution in [2.45, 2.75) is 78.0 Å². The van der Waals surface area contributed by atoms with Crippen molar-refractivity contribution >= 4 is 21.8 Å². The summed E-state index contributed by atoms with van der Waals surface area (Å²) in [4.78, 5) is 25.7. The van der Waals surface area contributed by atoms with Crippen LogP contribution in [0.2, 0.25) is 0 Å². The number of rotatable bonds is 10. The van der Waals surface area contributed by atoms with Crippen LogP contribution in [0.15, 0.2) is 29.8 Å². The topological polar surface area (TPSA) is 137 Å². The molecule has 2 aliphatic rings. The number of amides is 2. The van der Waals surface area contributed by atoms with Crippen molar-refractivity contribution in [3.05, 3.63) is 52.2 Å². The largest absolute Gasteiger partial charge is 0.416 e. The van der Waals surface area contributed by atoms with Crippen LogP contribution in [0.1, 0.15) is 56.0 Å². The molecule has 1 saturated heterocycles. The number of aliphatic hydroxyl groups excluding tert-OH is 1. The molecule has 248 valence electrons. The van der Waals surface area contributed by atoms with Crippen LogP contribution >= 0.6 is 0 Å². The lowest BCUT2D eigenvalue weighted by atomic mass is 9.97. The van der Waals surface area contributed by atoms with E-state index in [1.807, 2.05) is 0 Å². The monoisotopic (exact) mass is 654 g/mol. The lowest BCUT2D eigenvalue weighted by Crippen LogP contribution is -2.46. The van der Waals surface area contributed by atoms with Crippen LogP contribution in [0.25, 0.3) is 11.3 Å². The van der Waals surface area contributed by atoms with Gasteiger partial charge < -0.3 is 20.6 Å². The summed E-state index contributed by atoms with van der Waals surface area (Å²) in [5, 5.41) is 21.2. The first kappa shape index (κ1) is 34.6. The third kappa shape index (κ3) is 9.15. The number of aliphatic hydroxyl groups is 1. The van der Waals surface area contributed by atoms with Crippen LogP contribution in [0.3, 0.4) is 0 Å². The number of fused-ring (bicyclic) bond motifs is 1. The van der Waals surface area contributed by atoms with Gasteiger partial charge in [0.15, 0.2) is 0 Å². The zero-order valence-electron chi connectivity index (χ0n) is 25.9. The lowest BCUT2D eigenvalue weighted by Gasteiger charge is -2.33. The maximum absolute atomic E-state index is 13.9. The van der Waals surface area contributed by atoms with Crippen molar-refractivity contribution in [2.75, 3.05) is 32.4 Å². The second kappa shape index (κ2) is 14.0. The van der Waals surface area contributed by atoms with E-state index in [0.717, 1.165) is 25.2 Å². The summed E-state index contributed by atoms with van der Waals surface area (Å²) < 4.78 is 69.5. The number of allylic oxidation sites excluding steroid dienone is 1. The van der Waals surface area contributed by atoms with Gasteiger partial charge in [-0.05, 0) is 44.4 Å². The number of alkyl halides is 3. The summed E-state index contributed by atoms with van der Waals surface area (Å²) >= 11 is 0. The molecule has 11 nitrogen and oxygen atoms in total. The second-order valence-corrected chi connectivity index (χ2v) is 14.0. The maximum Gasteiger partial charge on any atom is 0.416 e. The van der Waals surface area contributed by atoms with E-state index in [0.29, 0.717) is 54.1 Å². The van der Waals surface area contributed by atoms with Gasteiger partial charge in [-0.2, -0.15) is 22.6 Å². The van der Waals surface area contributed by atoms with Gasteiger partial charge in [0.2, 0.25) is 21.8 Å². The molecule has 3 heterocycles. The standard InChI is InChI=1S/C30H41F3N6O5S/c1-19(2)13-28(42)34-15-22-14-21(5-6-26(22)30(31,32)33)29-25-18-38(45(4,43)44)12-9-27(25)39(36-29)17-24(41)16-37-10-7-23(8-11-37)35-20(3)40/h5-6,13-14,23-24,41H,7-12,15-18H2,1-4H3,(H,34,42)(H,35,40). The van der Waals surface area contributed by atoms with Crippen molar-refractivity contribution < 1.29 is 36.3 Å². The van der Waals surface area contributed by atoms with E-state index in [2.05, 4.69) is 15.5 Å². The lowest BCUT2D eigenvalue weighted by molar-refractivity contribution is -0.138. The van der Waals surface area contributed by atoms with E-state index in [-0.39, 0.29) is 43.7 Å². The number of nitrogens with one attached hydrogen (secondary N) is 2. The van der Waals surface area contributed by atoms with Crippen LogP contribution < -0.4 is 10.6 Å². The number of sulfonamides is 1. The van der Waals surface area contributed by atoms with E-state index in [4.69, 9.17) is 5.10 Å². The molecule has 2 aliphatic heterocycles. The van der Waals surface area contributed by atoms with E-state index in [1.165, 1.54) is 29.4 Å².